The Bertz CT molecular complexity index is 1060. The van der Waals surface area contributed by atoms with E-state index in [4.69, 9.17) is 4.99 Å². The van der Waals surface area contributed by atoms with Crippen molar-refractivity contribution in [2.75, 3.05) is 23.9 Å². The third-order valence-corrected chi connectivity index (χ3v) is 5.48. The molecule has 1 heterocycles. The molecule has 0 aromatic heterocycles. The molecule has 1 aliphatic rings. The topological polar surface area (TPSA) is 35.9 Å². The van der Waals surface area contributed by atoms with E-state index in [1.807, 2.05) is 110 Å². The summed E-state index contributed by atoms with van der Waals surface area (Å²) in [6, 6.07) is 27.5. The molecule has 29 heavy (non-hydrogen) atoms. The second-order valence-electron chi connectivity index (χ2n) is 6.80. The van der Waals surface area contributed by atoms with E-state index in [0.29, 0.717) is 10.1 Å². The summed E-state index contributed by atoms with van der Waals surface area (Å²) in [4.78, 5) is 22.3. The largest absolute Gasteiger partial charge is 0.378 e. The summed E-state index contributed by atoms with van der Waals surface area (Å²) in [5, 5.41) is 0.656. The summed E-state index contributed by atoms with van der Waals surface area (Å²) < 4.78 is 0. The smallest absolute Gasteiger partial charge is 0.271 e. The molecule has 0 radical (unpaired) electrons. The predicted molar refractivity (Wildman–Crippen MR) is 124 cm³/mol. The number of rotatable bonds is 4. The summed E-state index contributed by atoms with van der Waals surface area (Å²) in [7, 11) is 4.02. The highest BCUT2D eigenvalue weighted by Gasteiger charge is 2.34. The Morgan fingerprint density at radius 2 is 1.48 bits per heavy atom. The van der Waals surface area contributed by atoms with Gasteiger partial charge in [-0.3, -0.25) is 9.69 Å². The van der Waals surface area contributed by atoms with Gasteiger partial charge in [-0.2, -0.15) is 0 Å². The van der Waals surface area contributed by atoms with Gasteiger partial charge in [-0.05, 0) is 59.8 Å². The van der Waals surface area contributed by atoms with E-state index in [1.165, 1.54) is 11.8 Å². The van der Waals surface area contributed by atoms with Crippen LogP contribution in [0.15, 0.2) is 94.8 Å². The third kappa shape index (κ3) is 4.25. The zero-order valence-corrected chi connectivity index (χ0v) is 17.1. The second kappa shape index (κ2) is 8.37. The number of thioether (sulfide) groups is 1. The maximum atomic E-state index is 13.2. The summed E-state index contributed by atoms with van der Waals surface area (Å²) in [6.45, 7) is 0. The summed E-state index contributed by atoms with van der Waals surface area (Å²) in [5.74, 6) is -0.0624. The highest BCUT2D eigenvalue weighted by Crippen LogP contribution is 2.37. The van der Waals surface area contributed by atoms with Crippen LogP contribution in [-0.2, 0) is 4.79 Å². The predicted octanol–water partition coefficient (Wildman–Crippen LogP) is 5.56. The number of hydrogen-bond donors (Lipinski definition) is 0. The first-order chi connectivity index (χ1) is 14.1. The van der Waals surface area contributed by atoms with Crippen molar-refractivity contribution < 1.29 is 4.79 Å². The van der Waals surface area contributed by atoms with Gasteiger partial charge in [0.05, 0.1) is 16.3 Å². The van der Waals surface area contributed by atoms with Gasteiger partial charge < -0.3 is 4.90 Å². The molecule has 5 heteroatoms. The second-order valence-corrected chi connectivity index (χ2v) is 7.81. The van der Waals surface area contributed by atoms with E-state index in [1.54, 1.807) is 4.90 Å². The van der Waals surface area contributed by atoms with Gasteiger partial charge in [-0.15, -0.1) is 0 Å². The summed E-state index contributed by atoms with van der Waals surface area (Å²) in [5.41, 5.74) is 3.74. The highest BCUT2D eigenvalue weighted by atomic mass is 32.2. The molecule has 0 saturated carbocycles. The van der Waals surface area contributed by atoms with Gasteiger partial charge in [0.15, 0.2) is 5.17 Å². The Labute approximate surface area is 175 Å². The van der Waals surface area contributed by atoms with Crippen LogP contribution in [0.4, 0.5) is 17.1 Å². The maximum Gasteiger partial charge on any atom is 0.271 e. The van der Waals surface area contributed by atoms with Crippen LogP contribution in [0, 0.1) is 0 Å². The van der Waals surface area contributed by atoms with Crippen molar-refractivity contribution in [3.8, 4) is 0 Å². The summed E-state index contributed by atoms with van der Waals surface area (Å²) in [6.07, 6.45) is 1.93. The average Bonchev–Trinajstić information content (AvgIpc) is 3.04. The molecule has 4 rings (SSSR count). The van der Waals surface area contributed by atoms with Crippen molar-refractivity contribution in [2.45, 2.75) is 0 Å². The lowest BCUT2D eigenvalue weighted by atomic mass is 10.2. The van der Waals surface area contributed by atoms with Gasteiger partial charge in [-0.1, -0.05) is 48.5 Å². The first-order valence-corrected chi connectivity index (χ1v) is 10.1. The molecule has 1 saturated heterocycles. The fraction of sp³-hybridized carbons (Fsp3) is 0.0833. The van der Waals surface area contributed by atoms with Gasteiger partial charge >= 0.3 is 0 Å². The number of nitrogens with zero attached hydrogens (tertiary/aromatic N) is 3. The van der Waals surface area contributed by atoms with E-state index in [0.717, 1.165) is 22.6 Å². The van der Waals surface area contributed by atoms with Gasteiger partial charge in [0.25, 0.3) is 5.91 Å². The molecule has 4 nitrogen and oxygen atoms in total. The van der Waals surface area contributed by atoms with Crippen molar-refractivity contribution in [1.82, 2.24) is 0 Å². The lowest BCUT2D eigenvalue weighted by Gasteiger charge is -2.15. The fourth-order valence-corrected chi connectivity index (χ4v) is 3.99. The standard InChI is InChI=1S/C24H21N3OS/c1-26(2)20-15-13-18(14-16-20)17-22-23(28)27(21-11-7-4-8-12-21)24(29-22)25-19-9-5-3-6-10-19/h3-17H,1-2H3/b22-17+,25-24?. The number of hydrogen-bond acceptors (Lipinski definition) is 4. The zero-order valence-electron chi connectivity index (χ0n) is 16.3. The lowest BCUT2D eigenvalue weighted by molar-refractivity contribution is -0.113. The van der Waals surface area contributed by atoms with Gasteiger partial charge in [-0.25, -0.2) is 4.99 Å². The monoisotopic (exact) mass is 399 g/mol. The van der Waals surface area contributed by atoms with Crippen LogP contribution in [0.25, 0.3) is 6.08 Å². The van der Waals surface area contributed by atoms with E-state index < -0.39 is 0 Å². The average molecular weight is 400 g/mol. The molecule has 1 amide bonds. The van der Waals surface area contributed by atoms with Gasteiger partial charge in [0.2, 0.25) is 0 Å². The van der Waals surface area contributed by atoms with Gasteiger partial charge in [0, 0.05) is 19.8 Å². The fourth-order valence-electron chi connectivity index (χ4n) is 2.99. The lowest BCUT2D eigenvalue weighted by Crippen LogP contribution is -2.28. The quantitative estimate of drug-likeness (QED) is 0.539. The van der Waals surface area contributed by atoms with Crippen molar-refractivity contribution in [3.63, 3.8) is 0 Å². The molecule has 0 N–H and O–H groups in total. The molecule has 1 fully saturated rings. The van der Waals surface area contributed by atoms with Crippen LogP contribution in [0.3, 0.4) is 0 Å². The molecular formula is C24H21N3OS. The van der Waals surface area contributed by atoms with Crippen LogP contribution in [0.1, 0.15) is 5.56 Å². The Morgan fingerprint density at radius 1 is 0.862 bits per heavy atom. The molecule has 144 valence electrons. The maximum absolute atomic E-state index is 13.2. The first-order valence-electron chi connectivity index (χ1n) is 9.32. The molecule has 0 unspecified atom stereocenters. The molecule has 0 aliphatic carbocycles. The number of benzene rings is 3. The van der Waals surface area contributed by atoms with Crippen LogP contribution in [0.5, 0.6) is 0 Å². The van der Waals surface area contributed by atoms with E-state index >= 15 is 0 Å². The van der Waals surface area contributed by atoms with E-state index in [2.05, 4.69) is 0 Å². The summed E-state index contributed by atoms with van der Waals surface area (Å²) >= 11 is 1.40. The molecular weight excluding hydrogens is 378 g/mol. The van der Waals surface area contributed by atoms with Crippen molar-refractivity contribution in [3.05, 3.63) is 95.4 Å². The van der Waals surface area contributed by atoms with Crippen molar-refractivity contribution in [2.24, 2.45) is 4.99 Å². The SMILES string of the molecule is CN(C)c1ccc(/C=C2/SC(=Nc3ccccc3)N(c3ccccc3)C2=O)cc1. The number of anilines is 2. The normalized spacial score (nSPS) is 16.6. The molecule has 0 atom stereocenters. The number of para-hydroxylation sites is 2. The Morgan fingerprint density at radius 3 is 2.10 bits per heavy atom. The third-order valence-electron chi connectivity index (χ3n) is 4.51. The Balaban J connectivity index is 1.72. The molecule has 3 aromatic carbocycles. The number of aliphatic imine (C=N–C) groups is 1. The number of amidine groups is 1. The molecule has 0 spiro atoms. The van der Waals surface area contributed by atoms with Crippen LogP contribution in [-0.4, -0.2) is 25.2 Å². The van der Waals surface area contributed by atoms with Crippen molar-refractivity contribution in [1.29, 1.82) is 0 Å². The minimum Gasteiger partial charge on any atom is -0.378 e. The van der Waals surface area contributed by atoms with Crippen molar-refractivity contribution >= 4 is 46.0 Å². The Kier molecular flexibility index (Phi) is 5.49. The number of amides is 1. The first kappa shape index (κ1) is 19.0. The van der Waals surface area contributed by atoms with Crippen LogP contribution >= 0.6 is 11.8 Å². The van der Waals surface area contributed by atoms with Crippen LogP contribution in [0.2, 0.25) is 0 Å². The number of carbonyl (C=O) groups excluding carboxylic acids is 1. The molecule has 1 aliphatic heterocycles. The minimum absolute atomic E-state index is 0.0624. The highest BCUT2D eigenvalue weighted by molar-refractivity contribution is 8.19. The van der Waals surface area contributed by atoms with Crippen LogP contribution < -0.4 is 9.80 Å². The minimum atomic E-state index is -0.0624. The number of carbonyl (C=O) groups is 1. The van der Waals surface area contributed by atoms with E-state index in [9.17, 15) is 4.79 Å². The zero-order chi connectivity index (χ0) is 20.2. The van der Waals surface area contributed by atoms with E-state index in [-0.39, 0.29) is 5.91 Å². The Hall–Kier alpha value is -3.31. The van der Waals surface area contributed by atoms with Gasteiger partial charge in [0.1, 0.15) is 0 Å². The molecule has 0 bridgehead atoms. The molecule has 3 aromatic rings.